The van der Waals surface area contributed by atoms with Gasteiger partial charge in [0, 0.05) is 11.6 Å². The Bertz CT molecular complexity index is 640. The zero-order valence-corrected chi connectivity index (χ0v) is 13.0. The molecule has 0 aliphatic heterocycles. The Morgan fingerprint density at radius 3 is 2.27 bits per heavy atom. The van der Waals surface area contributed by atoms with Gasteiger partial charge in [-0.2, -0.15) is 0 Å². The number of aliphatic hydroxyl groups is 1. The van der Waals surface area contributed by atoms with Crippen LogP contribution in [-0.2, 0) is 6.61 Å². The lowest BCUT2D eigenvalue weighted by Gasteiger charge is -2.08. The lowest BCUT2D eigenvalue weighted by atomic mass is 10.1. The van der Waals surface area contributed by atoms with Crippen LogP contribution in [0.25, 0.3) is 12.2 Å². The largest absolute Gasteiger partial charge is 0.497 e. The van der Waals surface area contributed by atoms with E-state index in [9.17, 15) is 5.11 Å². The highest BCUT2D eigenvalue weighted by atomic mass is 16.5. The molecule has 1 N–H and O–H groups in total. The van der Waals surface area contributed by atoms with Gasteiger partial charge < -0.3 is 19.3 Å². The van der Waals surface area contributed by atoms with E-state index in [4.69, 9.17) is 14.2 Å². The molecule has 0 heterocycles. The molecule has 0 saturated heterocycles. The van der Waals surface area contributed by atoms with Crippen LogP contribution < -0.4 is 14.2 Å². The van der Waals surface area contributed by atoms with Crippen molar-refractivity contribution in [1.82, 2.24) is 0 Å². The number of ether oxygens (including phenoxy) is 3. The molecular formula is C18H20O4. The van der Waals surface area contributed by atoms with Crippen molar-refractivity contribution in [2.24, 2.45) is 0 Å². The molecule has 0 bridgehead atoms. The quantitative estimate of drug-likeness (QED) is 0.831. The molecule has 2 rings (SSSR count). The molecular weight excluding hydrogens is 280 g/mol. The summed E-state index contributed by atoms with van der Waals surface area (Å²) in [7, 11) is 4.86. The standard InChI is InChI=1S/C18H20O4/c1-20-16-7-6-15(18(11-16)22-3)5-4-13-8-14(12-19)10-17(9-13)21-2/h4-11,19H,12H2,1-3H3/b5-4+. The monoisotopic (exact) mass is 300 g/mol. The van der Waals surface area contributed by atoms with Crippen LogP contribution in [0.5, 0.6) is 17.2 Å². The van der Waals surface area contributed by atoms with E-state index in [2.05, 4.69) is 0 Å². The normalized spacial score (nSPS) is 10.7. The molecule has 2 aromatic rings. The number of rotatable bonds is 6. The molecule has 0 saturated carbocycles. The van der Waals surface area contributed by atoms with Gasteiger partial charge in [0.05, 0.1) is 27.9 Å². The summed E-state index contributed by atoms with van der Waals surface area (Å²) in [5.74, 6) is 2.20. The van der Waals surface area contributed by atoms with Crippen molar-refractivity contribution >= 4 is 12.2 Å². The molecule has 0 atom stereocenters. The van der Waals surface area contributed by atoms with Crippen molar-refractivity contribution in [3.8, 4) is 17.2 Å². The molecule has 4 heteroatoms. The van der Waals surface area contributed by atoms with Crippen molar-refractivity contribution in [2.45, 2.75) is 6.61 Å². The Morgan fingerprint density at radius 2 is 1.64 bits per heavy atom. The van der Waals surface area contributed by atoms with Crippen molar-refractivity contribution in [1.29, 1.82) is 0 Å². The summed E-state index contributed by atoms with van der Waals surface area (Å²) < 4.78 is 15.8. The van der Waals surface area contributed by atoms with Gasteiger partial charge >= 0.3 is 0 Å². The second kappa shape index (κ2) is 7.52. The highest BCUT2D eigenvalue weighted by Gasteiger charge is 2.03. The van der Waals surface area contributed by atoms with Crippen LogP contribution >= 0.6 is 0 Å². The Morgan fingerprint density at radius 1 is 0.864 bits per heavy atom. The summed E-state index contributed by atoms with van der Waals surface area (Å²) in [5.41, 5.74) is 2.69. The van der Waals surface area contributed by atoms with Crippen LogP contribution in [-0.4, -0.2) is 26.4 Å². The molecule has 2 aromatic carbocycles. The van der Waals surface area contributed by atoms with Gasteiger partial charge in [0.2, 0.25) is 0 Å². The first kappa shape index (κ1) is 15.9. The predicted octanol–water partition coefficient (Wildman–Crippen LogP) is 3.38. The Labute approximate surface area is 130 Å². The minimum absolute atomic E-state index is 0.0239. The second-order valence-electron chi connectivity index (χ2n) is 4.71. The third-order valence-electron chi connectivity index (χ3n) is 3.30. The maximum Gasteiger partial charge on any atom is 0.129 e. The topological polar surface area (TPSA) is 47.9 Å². The molecule has 0 aromatic heterocycles. The first-order valence-electron chi connectivity index (χ1n) is 6.89. The molecule has 0 aliphatic rings. The molecule has 0 fully saturated rings. The zero-order valence-electron chi connectivity index (χ0n) is 13.0. The fourth-order valence-electron chi connectivity index (χ4n) is 2.13. The summed E-state index contributed by atoms with van der Waals surface area (Å²) in [6.07, 6.45) is 3.90. The van der Waals surface area contributed by atoms with E-state index in [1.807, 2.05) is 48.6 Å². The van der Waals surface area contributed by atoms with E-state index >= 15 is 0 Å². The van der Waals surface area contributed by atoms with E-state index in [0.29, 0.717) is 5.75 Å². The molecule has 22 heavy (non-hydrogen) atoms. The Balaban J connectivity index is 2.32. The van der Waals surface area contributed by atoms with Gasteiger partial charge in [-0.05, 0) is 41.5 Å². The van der Waals surface area contributed by atoms with Crippen LogP contribution in [0.2, 0.25) is 0 Å². The SMILES string of the molecule is COc1cc(/C=C/c2ccc(OC)cc2OC)cc(CO)c1. The predicted molar refractivity (Wildman–Crippen MR) is 87.4 cm³/mol. The Hall–Kier alpha value is -2.46. The van der Waals surface area contributed by atoms with Gasteiger partial charge in [-0.25, -0.2) is 0 Å². The number of aliphatic hydroxyl groups excluding tert-OH is 1. The minimum atomic E-state index is -0.0239. The molecule has 0 spiro atoms. The van der Waals surface area contributed by atoms with Gasteiger partial charge in [0.25, 0.3) is 0 Å². The van der Waals surface area contributed by atoms with E-state index in [0.717, 1.165) is 28.2 Å². The Kier molecular flexibility index (Phi) is 5.44. The second-order valence-corrected chi connectivity index (χ2v) is 4.71. The van der Waals surface area contributed by atoms with Crippen LogP contribution in [0.4, 0.5) is 0 Å². The van der Waals surface area contributed by atoms with Gasteiger partial charge in [0.1, 0.15) is 17.2 Å². The van der Waals surface area contributed by atoms with Crippen LogP contribution in [0.15, 0.2) is 36.4 Å². The fourth-order valence-corrected chi connectivity index (χ4v) is 2.13. The highest BCUT2D eigenvalue weighted by Crippen LogP contribution is 2.27. The van der Waals surface area contributed by atoms with Gasteiger partial charge in [-0.15, -0.1) is 0 Å². The average molecular weight is 300 g/mol. The van der Waals surface area contributed by atoms with E-state index in [-0.39, 0.29) is 6.61 Å². The minimum Gasteiger partial charge on any atom is -0.497 e. The van der Waals surface area contributed by atoms with Crippen molar-refractivity contribution in [3.63, 3.8) is 0 Å². The molecule has 4 nitrogen and oxygen atoms in total. The lowest BCUT2D eigenvalue weighted by Crippen LogP contribution is -1.90. The maximum atomic E-state index is 9.29. The van der Waals surface area contributed by atoms with Crippen molar-refractivity contribution < 1.29 is 19.3 Å². The van der Waals surface area contributed by atoms with Crippen molar-refractivity contribution in [2.75, 3.05) is 21.3 Å². The number of methoxy groups -OCH3 is 3. The third-order valence-corrected chi connectivity index (χ3v) is 3.30. The van der Waals surface area contributed by atoms with Gasteiger partial charge in [-0.1, -0.05) is 12.2 Å². The average Bonchev–Trinajstić information content (AvgIpc) is 2.59. The molecule has 0 aliphatic carbocycles. The number of benzene rings is 2. The summed E-state index contributed by atoms with van der Waals surface area (Å²) in [6, 6.07) is 11.3. The molecule has 0 radical (unpaired) electrons. The smallest absolute Gasteiger partial charge is 0.129 e. The van der Waals surface area contributed by atoms with E-state index in [1.54, 1.807) is 21.3 Å². The molecule has 0 amide bonds. The third kappa shape index (κ3) is 3.80. The maximum absolute atomic E-state index is 9.29. The van der Waals surface area contributed by atoms with Crippen molar-refractivity contribution in [3.05, 3.63) is 53.1 Å². The first-order valence-corrected chi connectivity index (χ1v) is 6.89. The summed E-state index contributed by atoms with van der Waals surface area (Å²) in [5, 5.41) is 9.29. The summed E-state index contributed by atoms with van der Waals surface area (Å²) in [4.78, 5) is 0. The molecule has 0 unspecified atom stereocenters. The number of hydrogen-bond acceptors (Lipinski definition) is 4. The summed E-state index contributed by atoms with van der Waals surface area (Å²) in [6.45, 7) is -0.0239. The van der Waals surface area contributed by atoms with Gasteiger partial charge in [-0.3, -0.25) is 0 Å². The first-order chi connectivity index (χ1) is 10.7. The molecule has 116 valence electrons. The van der Waals surface area contributed by atoms with E-state index in [1.165, 1.54) is 0 Å². The van der Waals surface area contributed by atoms with E-state index < -0.39 is 0 Å². The van der Waals surface area contributed by atoms with Crippen LogP contribution in [0.3, 0.4) is 0 Å². The summed E-state index contributed by atoms with van der Waals surface area (Å²) >= 11 is 0. The fraction of sp³-hybridized carbons (Fsp3) is 0.222. The van der Waals surface area contributed by atoms with Crippen LogP contribution in [0.1, 0.15) is 16.7 Å². The van der Waals surface area contributed by atoms with Gasteiger partial charge in [0.15, 0.2) is 0 Å². The van der Waals surface area contributed by atoms with Crippen LogP contribution in [0, 0.1) is 0 Å². The zero-order chi connectivity index (χ0) is 15.9. The number of hydrogen-bond donors (Lipinski definition) is 1. The lowest BCUT2D eigenvalue weighted by molar-refractivity contribution is 0.281. The highest BCUT2D eigenvalue weighted by molar-refractivity contribution is 5.73.